The second-order valence-electron chi connectivity index (χ2n) is 7.01. The minimum Gasteiger partial charge on any atom is -0.0648 e. The van der Waals surface area contributed by atoms with E-state index in [0.29, 0.717) is 5.41 Å². The second kappa shape index (κ2) is 5.56. The first-order valence-electron chi connectivity index (χ1n) is 7.40. The van der Waals surface area contributed by atoms with E-state index in [2.05, 4.69) is 41.5 Å². The minimum absolute atomic E-state index is 0.630. The lowest BCUT2D eigenvalue weighted by Gasteiger charge is -2.36. The first kappa shape index (κ1) is 14.1. The van der Waals surface area contributed by atoms with Crippen molar-refractivity contribution < 1.29 is 0 Å². The molecule has 0 aliphatic heterocycles. The SMILES string of the molecule is CCC1(C)C(C)CCC1CC(C)CC(C)C. The van der Waals surface area contributed by atoms with Crippen molar-refractivity contribution in [2.75, 3.05) is 0 Å². The molecule has 0 saturated heterocycles. The van der Waals surface area contributed by atoms with E-state index in [1.54, 1.807) is 0 Å². The third kappa shape index (κ3) is 3.02. The molecule has 0 amide bonds. The average molecular weight is 224 g/mol. The molecule has 0 radical (unpaired) electrons. The summed E-state index contributed by atoms with van der Waals surface area (Å²) in [6.07, 6.45) is 7.18. The summed E-state index contributed by atoms with van der Waals surface area (Å²) < 4.78 is 0. The highest BCUT2D eigenvalue weighted by Crippen LogP contribution is 2.52. The van der Waals surface area contributed by atoms with Crippen LogP contribution in [0.2, 0.25) is 0 Å². The number of hydrogen-bond donors (Lipinski definition) is 0. The van der Waals surface area contributed by atoms with Gasteiger partial charge in [-0.1, -0.05) is 48.0 Å². The Bertz CT molecular complexity index is 206. The van der Waals surface area contributed by atoms with Crippen molar-refractivity contribution in [2.24, 2.45) is 29.1 Å². The van der Waals surface area contributed by atoms with Gasteiger partial charge in [0.25, 0.3) is 0 Å². The van der Waals surface area contributed by atoms with Crippen LogP contribution in [0.3, 0.4) is 0 Å². The monoisotopic (exact) mass is 224 g/mol. The molecule has 1 aliphatic carbocycles. The maximum atomic E-state index is 2.54. The van der Waals surface area contributed by atoms with Gasteiger partial charge in [0.05, 0.1) is 0 Å². The molecule has 1 fully saturated rings. The topological polar surface area (TPSA) is 0 Å². The Balaban J connectivity index is 2.54. The van der Waals surface area contributed by atoms with Crippen molar-refractivity contribution in [3.63, 3.8) is 0 Å². The molecule has 1 rings (SSSR count). The van der Waals surface area contributed by atoms with Gasteiger partial charge in [0.2, 0.25) is 0 Å². The molecule has 1 saturated carbocycles. The van der Waals surface area contributed by atoms with Gasteiger partial charge in [-0.05, 0) is 54.8 Å². The highest BCUT2D eigenvalue weighted by atomic mass is 14.5. The molecular formula is C16H32. The quantitative estimate of drug-likeness (QED) is 0.576. The molecule has 0 nitrogen and oxygen atoms in total. The Labute approximate surface area is 103 Å². The normalized spacial score (nSPS) is 36.9. The summed E-state index contributed by atoms with van der Waals surface area (Å²) in [7, 11) is 0. The molecule has 4 unspecified atom stereocenters. The van der Waals surface area contributed by atoms with Gasteiger partial charge < -0.3 is 0 Å². The molecular weight excluding hydrogens is 192 g/mol. The van der Waals surface area contributed by atoms with Gasteiger partial charge in [0.15, 0.2) is 0 Å². The molecule has 0 bridgehead atoms. The molecule has 0 aromatic rings. The molecule has 96 valence electrons. The minimum atomic E-state index is 0.630. The Kier molecular flexibility index (Phi) is 4.88. The lowest BCUT2D eigenvalue weighted by Crippen LogP contribution is -2.28. The largest absolute Gasteiger partial charge is 0.0648 e. The van der Waals surface area contributed by atoms with Crippen molar-refractivity contribution in [1.82, 2.24) is 0 Å². The maximum Gasteiger partial charge on any atom is -0.0274 e. The number of rotatable bonds is 5. The van der Waals surface area contributed by atoms with E-state index >= 15 is 0 Å². The van der Waals surface area contributed by atoms with Crippen LogP contribution in [-0.4, -0.2) is 0 Å². The molecule has 0 heteroatoms. The van der Waals surface area contributed by atoms with Crippen LogP contribution in [0.5, 0.6) is 0 Å². The summed E-state index contributed by atoms with van der Waals surface area (Å²) in [5.41, 5.74) is 0.630. The van der Waals surface area contributed by atoms with Gasteiger partial charge in [-0.2, -0.15) is 0 Å². The zero-order valence-corrected chi connectivity index (χ0v) is 12.3. The van der Waals surface area contributed by atoms with E-state index in [4.69, 9.17) is 0 Å². The van der Waals surface area contributed by atoms with Crippen LogP contribution in [-0.2, 0) is 0 Å². The average Bonchev–Trinajstić information content (AvgIpc) is 2.45. The van der Waals surface area contributed by atoms with Crippen LogP contribution in [0.25, 0.3) is 0 Å². The van der Waals surface area contributed by atoms with Gasteiger partial charge in [-0.15, -0.1) is 0 Å². The summed E-state index contributed by atoms with van der Waals surface area (Å²) in [5, 5.41) is 0. The molecule has 16 heavy (non-hydrogen) atoms. The standard InChI is InChI=1S/C16H32/c1-7-16(6)14(5)8-9-15(16)11-13(4)10-12(2)3/h12-15H,7-11H2,1-6H3. The van der Waals surface area contributed by atoms with E-state index in [-0.39, 0.29) is 0 Å². The zero-order chi connectivity index (χ0) is 12.3. The van der Waals surface area contributed by atoms with Gasteiger partial charge in [0, 0.05) is 0 Å². The summed E-state index contributed by atoms with van der Waals surface area (Å²) in [5.74, 6) is 3.71. The summed E-state index contributed by atoms with van der Waals surface area (Å²) in [4.78, 5) is 0. The van der Waals surface area contributed by atoms with Crippen LogP contribution in [0.1, 0.15) is 73.6 Å². The summed E-state index contributed by atoms with van der Waals surface area (Å²) >= 11 is 0. The maximum absolute atomic E-state index is 2.54. The van der Waals surface area contributed by atoms with Gasteiger partial charge >= 0.3 is 0 Å². The Hall–Kier alpha value is 0. The summed E-state index contributed by atoms with van der Waals surface area (Å²) in [6.45, 7) is 14.6. The molecule has 0 spiro atoms. The first-order chi connectivity index (χ1) is 7.40. The second-order valence-corrected chi connectivity index (χ2v) is 7.01. The van der Waals surface area contributed by atoms with E-state index < -0.39 is 0 Å². The van der Waals surface area contributed by atoms with Gasteiger partial charge in [-0.25, -0.2) is 0 Å². The third-order valence-corrected chi connectivity index (χ3v) is 5.33. The smallest absolute Gasteiger partial charge is 0.0274 e. The fourth-order valence-corrected chi connectivity index (χ4v) is 3.92. The molecule has 0 aromatic heterocycles. The van der Waals surface area contributed by atoms with E-state index in [1.165, 1.54) is 32.1 Å². The van der Waals surface area contributed by atoms with Gasteiger partial charge in [-0.3, -0.25) is 0 Å². The van der Waals surface area contributed by atoms with Crippen LogP contribution >= 0.6 is 0 Å². The van der Waals surface area contributed by atoms with Crippen molar-refractivity contribution in [3.05, 3.63) is 0 Å². The predicted molar refractivity (Wildman–Crippen MR) is 73.5 cm³/mol. The van der Waals surface area contributed by atoms with Crippen LogP contribution in [0, 0.1) is 29.1 Å². The lowest BCUT2D eigenvalue weighted by molar-refractivity contribution is 0.135. The molecule has 4 atom stereocenters. The van der Waals surface area contributed by atoms with Crippen LogP contribution in [0.15, 0.2) is 0 Å². The van der Waals surface area contributed by atoms with Crippen LogP contribution < -0.4 is 0 Å². The third-order valence-electron chi connectivity index (χ3n) is 5.33. The summed E-state index contributed by atoms with van der Waals surface area (Å²) in [6, 6.07) is 0. The Morgan fingerprint density at radius 1 is 1.19 bits per heavy atom. The molecule has 0 heterocycles. The first-order valence-corrected chi connectivity index (χ1v) is 7.40. The van der Waals surface area contributed by atoms with E-state index in [0.717, 1.165) is 23.7 Å². The van der Waals surface area contributed by atoms with Crippen LogP contribution in [0.4, 0.5) is 0 Å². The van der Waals surface area contributed by atoms with Crippen molar-refractivity contribution in [2.45, 2.75) is 73.6 Å². The molecule has 0 aromatic carbocycles. The lowest BCUT2D eigenvalue weighted by atomic mass is 9.69. The van der Waals surface area contributed by atoms with E-state index in [1.807, 2.05) is 0 Å². The highest BCUT2D eigenvalue weighted by molar-refractivity contribution is 4.92. The highest BCUT2D eigenvalue weighted by Gasteiger charge is 2.42. The van der Waals surface area contributed by atoms with Crippen molar-refractivity contribution in [1.29, 1.82) is 0 Å². The Morgan fingerprint density at radius 2 is 1.81 bits per heavy atom. The number of hydrogen-bond acceptors (Lipinski definition) is 0. The Morgan fingerprint density at radius 3 is 2.31 bits per heavy atom. The fraction of sp³-hybridized carbons (Fsp3) is 1.00. The molecule has 0 N–H and O–H groups in total. The molecule has 1 aliphatic rings. The van der Waals surface area contributed by atoms with Crippen molar-refractivity contribution >= 4 is 0 Å². The fourth-order valence-electron chi connectivity index (χ4n) is 3.92. The van der Waals surface area contributed by atoms with Gasteiger partial charge in [0.1, 0.15) is 0 Å². The zero-order valence-electron chi connectivity index (χ0n) is 12.3. The predicted octanol–water partition coefficient (Wildman–Crippen LogP) is 5.52. The van der Waals surface area contributed by atoms with E-state index in [9.17, 15) is 0 Å². The van der Waals surface area contributed by atoms with Crippen molar-refractivity contribution in [3.8, 4) is 0 Å².